The Labute approximate surface area is 183 Å². The van der Waals surface area contributed by atoms with Crippen molar-refractivity contribution in [2.24, 2.45) is 0 Å². The van der Waals surface area contributed by atoms with Crippen molar-refractivity contribution in [3.63, 3.8) is 0 Å². The van der Waals surface area contributed by atoms with Crippen LogP contribution in [0.1, 0.15) is 43.2 Å². The van der Waals surface area contributed by atoms with E-state index in [2.05, 4.69) is 25.3 Å². The molecule has 9 nitrogen and oxygen atoms in total. The molecular weight excluding hydrogens is 416 g/mol. The first-order valence-electron chi connectivity index (χ1n) is 10.9. The number of nitrogens with zero attached hydrogens (tertiary/aromatic N) is 2. The number of piperidine rings is 1. The molecule has 0 bridgehead atoms. The highest BCUT2D eigenvalue weighted by Gasteiger charge is 2.30. The average molecular weight is 447 g/mol. The molecule has 1 saturated heterocycles. The first-order valence-corrected chi connectivity index (χ1v) is 12.4. The summed E-state index contributed by atoms with van der Waals surface area (Å²) in [5.41, 5.74) is 2.10. The number of anilines is 1. The van der Waals surface area contributed by atoms with Crippen LogP contribution in [0.4, 0.5) is 5.95 Å². The number of H-pyrrole nitrogens is 1. The van der Waals surface area contributed by atoms with Gasteiger partial charge < -0.3 is 20.5 Å². The van der Waals surface area contributed by atoms with E-state index in [1.54, 1.807) is 29.4 Å². The molecule has 0 aliphatic carbocycles. The highest BCUT2D eigenvalue weighted by atomic mass is 32.2. The number of rotatable bonds is 9. The Morgan fingerprint density at radius 2 is 1.97 bits per heavy atom. The lowest BCUT2D eigenvalue weighted by molar-refractivity contribution is -0.134. The highest BCUT2D eigenvalue weighted by molar-refractivity contribution is 7.89. The zero-order valence-corrected chi connectivity index (χ0v) is 18.4. The molecule has 2 aromatic rings. The number of hydrogen-bond donors (Lipinski definition) is 4. The van der Waals surface area contributed by atoms with Gasteiger partial charge in [0, 0.05) is 45.1 Å². The molecule has 4 rings (SSSR count). The van der Waals surface area contributed by atoms with Gasteiger partial charge >= 0.3 is 0 Å². The van der Waals surface area contributed by atoms with Crippen molar-refractivity contribution in [2.75, 3.05) is 25.0 Å². The van der Waals surface area contributed by atoms with E-state index in [-0.39, 0.29) is 10.8 Å². The number of hydrogen-bond acceptors (Lipinski definition) is 6. The van der Waals surface area contributed by atoms with Crippen molar-refractivity contribution < 1.29 is 13.2 Å². The Hall–Kier alpha value is -2.43. The maximum absolute atomic E-state index is 13.2. The van der Waals surface area contributed by atoms with Crippen molar-refractivity contribution in [3.05, 3.63) is 41.7 Å². The van der Waals surface area contributed by atoms with Gasteiger partial charge in [-0.05, 0) is 55.4 Å². The van der Waals surface area contributed by atoms with E-state index >= 15 is 0 Å². The molecule has 1 atom stereocenters. The zero-order valence-electron chi connectivity index (χ0n) is 17.6. The predicted octanol–water partition coefficient (Wildman–Crippen LogP) is 1.56. The Morgan fingerprint density at radius 1 is 1.16 bits per heavy atom. The lowest BCUT2D eigenvalue weighted by Gasteiger charge is -2.30. The quantitative estimate of drug-likeness (QED) is 0.434. The molecule has 0 spiro atoms. The van der Waals surface area contributed by atoms with Crippen LogP contribution >= 0.6 is 0 Å². The summed E-state index contributed by atoms with van der Waals surface area (Å²) in [4.78, 5) is 22.2. The van der Waals surface area contributed by atoms with Gasteiger partial charge in [-0.3, -0.25) is 4.79 Å². The van der Waals surface area contributed by atoms with Crippen LogP contribution in [0.15, 0.2) is 35.5 Å². The third-order valence-corrected chi connectivity index (χ3v) is 7.31. The number of aromatic amines is 1. The third kappa shape index (κ3) is 5.44. The molecule has 3 heterocycles. The molecule has 1 fully saturated rings. The minimum atomic E-state index is -3.81. The number of fused-ring (bicyclic) bond motifs is 1. The molecule has 10 heteroatoms. The fraction of sp³-hybridized carbons (Fsp3) is 0.524. The molecule has 1 amide bonds. The number of imidazole rings is 1. The molecule has 0 saturated carbocycles. The van der Waals surface area contributed by atoms with E-state index in [0.29, 0.717) is 45.0 Å². The molecule has 168 valence electrons. The molecule has 4 N–H and O–H groups in total. The van der Waals surface area contributed by atoms with Crippen LogP contribution in [-0.2, 0) is 27.9 Å². The molecule has 2 aliphatic heterocycles. The number of likely N-dealkylation sites (tertiary alicyclic amines) is 1. The van der Waals surface area contributed by atoms with Gasteiger partial charge in [0.15, 0.2) is 5.95 Å². The topological polar surface area (TPSA) is 119 Å². The van der Waals surface area contributed by atoms with Gasteiger partial charge in [-0.25, -0.2) is 13.4 Å². The number of sulfonamides is 1. The fourth-order valence-electron chi connectivity index (χ4n) is 4.14. The van der Waals surface area contributed by atoms with Crippen LogP contribution in [0.25, 0.3) is 0 Å². The summed E-state index contributed by atoms with van der Waals surface area (Å²) in [6.07, 6.45) is 7.45. The van der Waals surface area contributed by atoms with Crippen molar-refractivity contribution >= 4 is 21.9 Å². The maximum Gasteiger partial charge on any atom is 0.241 e. The minimum absolute atomic E-state index is 0.135. The Balaban J connectivity index is 1.44. The van der Waals surface area contributed by atoms with Crippen molar-refractivity contribution in [3.8, 4) is 0 Å². The van der Waals surface area contributed by atoms with Crippen LogP contribution in [0.5, 0.6) is 0 Å². The maximum atomic E-state index is 13.2. The number of nitrogens with one attached hydrogen (secondary N) is 4. The third-order valence-electron chi connectivity index (χ3n) is 5.84. The van der Waals surface area contributed by atoms with Crippen molar-refractivity contribution in [1.82, 2.24) is 24.9 Å². The second-order valence-electron chi connectivity index (χ2n) is 8.10. The second kappa shape index (κ2) is 9.80. The second-order valence-corrected chi connectivity index (χ2v) is 9.81. The summed E-state index contributed by atoms with van der Waals surface area (Å²) in [7, 11) is -3.81. The number of carbonyl (C=O) groups is 1. The Morgan fingerprint density at radius 3 is 2.74 bits per heavy atom. The van der Waals surface area contributed by atoms with Crippen LogP contribution in [-0.4, -0.2) is 54.9 Å². The van der Waals surface area contributed by atoms with E-state index in [1.165, 1.54) is 0 Å². The van der Waals surface area contributed by atoms with Crippen LogP contribution in [0, 0.1) is 0 Å². The van der Waals surface area contributed by atoms with E-state index < -0.39 is 16.1 Å². The van der Waals surface area contributed by atoms with Gasteiger partial charge in [-0.15, -0.1) is 0 Å². The SMILES string of the molecule is O=C([C@H](CCCNc1ncc[nH]1)NS(=O)(=O)c1ccc2c(c1)CNC2)N1CCCCC1. The summed E-state index contributed by atoms with van der Waals surface area (Å²) in [5.74, 6) is 0.523. The normalized spacial score (nSPS) is 17.4. The van der Waals surface area contributed by atoms with Crippen LogP contribution < -0.4 is 15.4 Å². The van der Waals surface area contributed by atoms with Gasteiger partial charge in [-0.1, -0.05) is 6.07 Å². The molecule has 2 aliphatic rings. The smallest absolute Gasteiger partial charge is 0.241 e. The summed E-state index contributed by atoms with van der Waals surface area (Å²) in [6.45, 7) is 3.37. The monoisotopic (exact) mass is 446 g/mol. The summed E-state index contributed by atoms with van der Waals surface area (Å²) in [6, 6.07) is 4.39. The molecule has 31 heavy (non-hydrogen) atoms. The predicted molar refractivity (Wildman–Crippen MR) is 118 cm³/mol. The van der Waals surface area contributed by atoms with Gasteiger partial charge in [-0.2, -0.15) is 4.72 Å². The van der Waals surface area contributed by atoms with Crippen molar-refractivity contribution in [2.45, 2.75) is 56.1 Å². The highest BCUT2D eigenvalue weighted by Crippen LogP contribution is 2.21. The number of aromatic nitrogens is 2. The molecule has 1 aromatic heterocycles. The lowest BCUT2D eigenvalue weighted by atomic mass is 10.1. The molecule has 0 unspecified atom stereocenters. The van der Waals surface area contributed by atoms with E-state index in [4.69, 9.17) is 0 Å². The van der Waals surface area contributed by atoms with Crippen LogP contribution in [0.2, 0.25) is 0 Å². The van der Waals surface area contributed by atoms with E-state index in [1.807, 2.05) is 6.07 Å². The largest absolute Gasteiger partial charge is 0.356 e. The van der Waals surface area contributed by atoms with Crippen LogP contribution in [0.3, 0.4) is 0 Å². The number of benzene rings is 1. The molecule has 0 radical (unpaired) electrons. The number of carbonyl (C=O) groups excluding carboxylic acids is 1. The molecule has 1 aromatic carbocycles. The number of amides is 1. The standard InChI is InChI=1S/C21H30N6O3S/c28-20(27-11-2-1-3-12-27)19(5-4-8-23-21-24-9-10-25-21)26-31(29,30)18-7-6-16-14-22-15-17(16)13-18/h6-7,9-10,13,19,22,26H,1-5,8,11-12,14-15H2,(H2,23,24,25)/t19-/m0/s1. The van der Waals surface area contributed by atoms with E-state index in [9.17, 15) is 13.2 Å². The van der Waals surface area contributed by atoms with Gasteiger partial charge in [0.1, 0.15) is 6.04 Å². The molecular formula is C21H30N6O3S. The van der Waals surface area contributed by atoms with E-state index in [0.717, 1.165) is 36.9 Å². The van der Waals surface area contributed by atoms with Gasteiger partial charge in [0.2, 0.25) is 15.9 Å². The Bertz CT molecular complexity index is 987. The summed E-state index contributed by atoms with van der Waals surface area (Å²) >= 11 is 0. The van der Waals surface area contributed by atoms with Gasteiger partial charge in [0.25, 0.3) is 0 Å². The first-order chi connectivity index (χ1) is 15.0. The zero-order chi connectivity index (χ0) is 21.7. The fourth-order valence-corrected chi connectivity index (χ4v) is 5.41. The summed E-state index contributed by atoms with van der Waals surface area (Å²) in [5, 5.41) is 6.37. The Kier molecular flexibility index (Phi) is 6.89. The van der Waals surface area contributed by atoms with Crippen molar-refractivity contribution in [1.29, 1.82) is 0 Å². The summed E-state index contributed by atoms with van der Waals surface area (Å²) < 4.78 is 28.9. The minimum Gasteiger partial charge on any atom is -0.356 e. The first kappa shape index (κ1) is 21.8. The lowest BCUT2D eigenvalue weighted by Crippen LogP contribution is -2.50. The average Bonchev–Trinajstić information content (AvgIpc) is 3.47. The van der Waals surface area contributed by atoms with Gasteiger partial charge in [0.05, 0.1) is 4.90 Å².